The van der Waals surface area contributed by atoms with E-state index in [0.717, 1.165) is 31.7 Å². The van der Waals surface area contributed by atoms with Crippen molar-refractivity contribution in [2.45, 2.75) is 18.6 Å². The number of pyridine rings is 1. The second-order valence-electron chi connectivity index (χ2n) is 6.61. The molecule has 2 saturated heterocycles. The molecular formula is C20H20N4O3. The van der Waals surface area contributed by atoms with Crippen LogP contribution in [0.15, 0.2) is 42.6 Å². The van der Waals surface area contributed by atoms with E-state index in [-0.39, 0.29) is 5.91 Å². The minimum atomic E-state index is -0.412. The molecule has 2 aliphatic heterocycles. The van der Waals surface area contributed by atoms with Crippen LogP contribution in [-0.2, 0) is 9.47 Å². The maximum Gasteiger partial charge on any atom is 0.257 e. The minimum Gasteiger partial charge on any atom is -0.356 e. The highest BCUT2D eigenvalue weighted by atomic mass is 16.7. The molecule has 0 aliphatic carbocycles. The van der Waals surface area contributed by atoms with Gasteiger partial charge in [-0.1, -0.05) is 12.1 Å². The molecule has 0 saturated carbocycles. The zero-order chi connectivity index (χ0) is 18.7. The highest BCUT2D eigenvalue weighted by molar-refractivity contribution is 6.04. The van der Waals surface area contributed by atoms with Gasteiger partial charge in [0, 0.05) is 32.1 Å². The lowest BCUT2D eigenvalue weighted by Gasteiger charge is -2.38. The molecule has 7 heteroatoms. The molecule has 1 amide bonds. The SMILES string of the molecule is N#Cc1ccccc1NC(=O)c1ccc(N2CCC3(CC2)OCCO3)nc1. The van der Waals surface area contributed by atoms with Crippen molar-refractivity contribution in [3.05, 3.63) is 53.7 Å². The fraction of sp³-hybridized carbons (Fsp3) is 0.350. The lowest BCUT2D eigenvalue weighted by atomic mass is 10.0. The van der Waals surface area contributed by atoms with Crippen LogP contribution >= 0.6 is 0 Å². The molecule has 4 rings (SSSR count). The molecule has 0 atom stereocenters. The van der Waals surface area contributed by atoms with E-state index in [4.69, 9.17) is 14.7 Å². The monoisotopic (exact) mass is 364 g/mol. The normalized spacial score (nSPS) is 18.3. The van der Waals surface area contributed by atoms with Gasteiger partial charge >= 0.3 is 0 Å². The predicted molar refractivity (Wildman–Crippen MR) is 99.4 cm³/mol. The van der Waals surface area contributed by atoms with E-state index in [9.17, 15) is 4.79 Å². The first kappa shape index (κ1) is 17.5. The number of hydrogen-bond donors (Lipinski definition) is 1. The maximum absolute atomic E-state index is 12.4. The summed E-state index contributed by atoms with van der Waals surface area (Å²) in [6.45, 7) is 2.93. The number of hydrogen-bond acceptors (Lipinski definition) is 6. The third kappa shape index (κ3) is 3.63. The summed E-state index contributed by atoms with van der Waals surface area (Å²) in [5.74, 6) is 0.128. The van der Waals surface area contributed by atoms with E-state index in [1.165, 1.54) is 0 Å². The smallest absolute Gasteiger partial charge is 0.257 e. The molecule has 1 spiro atoms. The molecule has 2 aromatic rings. The summed E-state index contributed by atoms with van der Waals surface area (Å²) in [7, 11) is 0. The Morgan fingerprint density at radius 1 is 1.15 bits per heavy atom. The molecule has 1 N–H and O–H groups in total. The molecular weight excluding hydrogens is 344 g/mol. The highest BCUT2D eigenvalue weighted by Crippen LogP contribution is 2.32. The number of amides is 1. The molecule has 27 heavy (non-hydrogen) atoms. The number of nitrogens with one attached hydrogen (secondary N) is 1. The van der Waals surface area contributed by atoms with Crippen molar-refractivity contribution >= 4 is 17.4 Å². The second-order valence-corrected chi connectivity index (χ2v) is 6.61. The quantitative estimate of drug-likeness (QED) is 0.901. The number of carbonyl (C=O) groups is 1. The van der Waals surface area contributed by atoms with Gasteiger partial charge in [-0.25, -0.2) is 4.98 Å². The molecule has 0 bridgehead atoms. The summed E-state index contributed by atoms with van der Waals surface area (Å²) >= 11 is 0. The van der Waals surface area contributed by atoms with Crippen LogP contribution in [0.25, 0.3) is 0 Å². The summed E-state index contributed by atoms with van der Waals surface area (Å²) < 4.78 is 11.5. The van der Waals surface area contributed by atoms with Gasteiger partial charge in [-0.2, -0.15) is 5.26 Å². The topological polar surface area (TPSA) is 87.5 Å². The van der Waals surface area contributed by atoms with Crippen molar-refractivity contribution in [2.75, 3.05) is 36.5 Å². The molecule has 7 nitrogen and oxygen atoms in total. The molecule has 2 aliphatic rings. The third-order valence-electron chi connectivity index (χ3n) is 4.97. The summed E-state index contributed by atoms with van der Waals surface area (Å²) in [5.41, 5.74) is 1.36. The fourth-order valence-electron chi connectivity index (χ4n) is 3.45. The van der Waals surface area contributed by atoms with E-state index in [0.29, 0.717) is 30.0 Å². The van der Waals surface area contributed by atoms with E-state index >= 15 is 0 Å². The Kier molecular flexibility index (Phi) is 4.75. The van der Waals surface area contributed by atoms with Crippen molar-refractivity contribution in [1.82, 2.24) is 4.98 Å². The van der Waals surface area contributed by atoms with Gasteiger partial charge in [0.25, 0.3) is 5.91 Å². The first-order valence-corrected chi connectivity index (χ1v) is 8.99. The van der Waals surface area contributed by atoms with E-state index in [1.807, 2.05) is 6.07 Å². The van der Waals surface area contributed by atoms with Crippen LogP contribution in [0.3, 0.4) is 0 Å². The van der Waals surface area contributed by atoms with E-state index in [2.05, 4.69) is 21.3 Å². The number of rotatable bonds is 3. The Bertz CT molecular complexity index is 860. The Labute approximate surface area is 157 Å². The fourth-order valence-corrected chi connectivity index (χ4v) is 3.45. The number of nitriles is 1. The molecule has 138 valence electrons. The van der Waals surface area contributed by atoms with Crippen LogP contribution < -0.4 is 10.2 Å². The molecule has 2 fully saturated rings. The van der Waals surface area contributed by atoms with Crippen LogP contribution in [0.5, 0.6) is 0 Å². The average Bonchev–Trinajstić information content (AvgIpc) is 3.17. The summed E-state index contributed by atoms with van der Waals surface area (Å²) in [6, 6.07) is 12.6. The lowest BCUT2D eigenvalue weighted by Crippen LogP contribution is -2.45. The van der Waals surface area contributed by atoms with Crippen LogP contribution in [0.4, 0.5) is 11.5 Å². The van der Waals surface area contributed by atoms with Crippen LogP contribution in [0, 0.1) is 11.3 Å². The summed E-state index contributed by atoms with van der Waals surface area (Å²) in [6.07, 6.45) is 3.18. The first-order chi connectivity index (χ1) is 13.2. The number of carbonyl (C=O) groups excluding carboxylic acids is 1. The Hall–Kier alpha value is -2.95. The van der Waals surface area contributed by atoms with Gasteiger partial charge in [0.2, 0.25) is 0 Å². The predicted octanol–water partition coefficient (Wildman–Crippen LogP) is 2.55. The zero-order valence-corrected chi connectivity index (χ0v) is 14.9. The van der Waals surface area contributed by atoms with Crippen LogP contribution in [0.2, 0.25) is 0 Å². The van der Waals surface area contributed by atoms with Crippen molar-refractivity contribution < 1.29 is 14.3 Å². The number of ether oxygens (including phenoxy) is 2. The van der Waals surface area contributed by atoms with Crippen molar-refractivity contribution in [1.29, 1.82) is 5.26 Å². The van der Waals surface area contributed by atoms with Gasteiger partial charge < -0.3 is 19.7 Å². The van der Waals surface area contributed by atoms with Gasteiger partial charge in [0.1, 0.15) is 11.9 Å². The number of aromatic nitrogens is 1. The number of para-hydroxylation sites is 1. The molecule has 3 heterocycles. The third-order valence-corrected chi connectivity index (χ3v) is 4.97. The summed E-state index contributed by atoms with van der Waals surface area (Å²) in [4.78, 5) is 19.0. The van der Waals surface area contributed by atoms with Crippen molar-refractivity contribution in [3.8, 4) is 6.07 Å². The highest BCUT2D eigenvalue weighted by Gasteiger charge is 2.40. The minimum absolute atomic E-state index is 0.290. The number of nitrogens with zero attached hydrogens (tertiary/aromatic N) is 3. The zero-order valence-electron chi connectivity index (χ0n) is 14.9. The average molecular weight is 364 g/mol. The molecule has 0 radical (unpaired) electrons. The van der Waals surface area contributed by atoms with Crippen molar-refractivity contribution in [2.24, 2.45) is 0 Å². The van der Waals surface area contributed by atoms with Crippen LogP contribution in [0.1, 0.15) is 28.8 Å². The molecule has 1 aromatic carbocycles. The van der Waals surface area contributed by atoms with E-state index < -0.39 is 5.79 Å². The maximum atomic E-state index is 12.4. The second kappa shape index (κ2) is 7.35. The molecule has 0 unspecified atom stereocenters. The number of piperidine rings is 1. The largest absolute Gasteiger partial charge is 0.356 e. The lowest BCUT2D eigenvalue weighted by molar-refractivity contribution is -0.169. The first-order valence-electron chi connectivity index (χ1n) is 8.99. The van der Waals surface area contributed by atoms with Crippen LogP contribution in [-0.4, -0.2) is 43.0 Å². The van der Waals surface area contributed by atoms with E-state index in [1.54, 1.807) is 36.5 Å². The van der Waals surface area contributed by atoms with Gasteiger partial charge in [0.15, 0.2) is 5.79 Å². The standard InChI is InChI=1S/C20H20N4O3/c21-13-15-3-1-2-4-17(15)23-19(25)16-5-6-18(22-14-16)24-9-7-20(8-10-24)26-11-12-27-20/h1-6,14H,7-12H2,(H,23,25). The Morgan fingerprint density at radius 3 is 2.56 bits per heavy atom. The van der Waals surface area contributed by atoms with Crippen molar-refractivity contribution in [3.63, 3.8) is 0 Å². The molecule has 1 aromatic heterocycles. The van der Waals surface area contributed by atoms with Gasteiger partial charge in [-0.3, -0.25) is 4.79 Å². The Morgan fingerprint density at radius 2 is 1.89 bits per heavy atom. The number of benzene rings is 1. The van der Waals surface area contributed by atoms with Gasteiger partial charge in [-0.05, 0) is 24.3 Å². The summed E-state index contributed by atoms with van der Waals surface area (Å²) in [5, 5.41) is 11.9. The van der Waals surface area contributed by atoms with Gasteiger partial charge in [0.05, 0.1) is 30.0 Å². The number of anilines is 2. The van der Waals surface area contributed by atoms with Gasteiger partial charge in [-0.15, -0.1) is 0 Å². The Balaban J connectivity index is 1.40.